The number of aliphatic hydroxyl groups excluding tert-OH is 2. The van der Waals surface area contributed by atoms with Crippen LogP contribution < -0.4 is 0 Å². The summed E-state index contributed by atoms with van der Waals surface area (Å²) in [5.41, 5.74) is 0.958. The Bertz CT molecular complexity index is 1350. The Morgan fingerprint density at radius 3 is 1.30 bits per heavy atom. The number of hydrogen-bond acceptors (Lipinski definition) is 6. The Labute approximate surface area is 225 Å². The zero-order valence-electron chi connectivity index (χ0n) is 21.3. The van der Waals surface area contributed by atoms with Crippen molar-refractivity contribution in [1.82, 2.24) is 28.9 Å². The van der Waals surface area contributed by atoms with Crippen LogP contribution in [0.5, 0.6) is 0 Å². The largest absolute Gasteiger partial charge is 0.449 e. The number of rotatable bonds is 8. The van der Waals surface area contributed by atoms with Crippen molar-refractivity contribution in [2.45, 2.75) is 37.7 Å². The summed E-state index contributed by atoms with van der Waals surface area (Å²) >= 11 is 0. The molecule has 0 aliphatic carbocycles. The predicted molar refractivity (Wildman–Crippen MR) is 134 cm³/mol. The fraction of sp³-hybridized carbons (Fsp3) is 0.462. The Kier molecular flexibility index (Phi) is 7.79. The first-order valence-corrected chi connectivity index (χ1v) is 12.8. The van der Waals surface area contributed by atoms with Gasteiger partial charge >= 0.3 is 12.4 Å². The number of imidazole rings is 2. The number of piperazine rings is 1. The quantitative estimate of drug-likeness (QED) is 0.316. The number of aliphatic hydroxyl groups is 2. The fourth-order valence-corrected chi connectivity index (χ4v) is 5.24. The number of β-amino-alcohol motifs (C(OH)–C–C–N with tert-alkyl or cyclic N) is 2. The third-order valence-electron chi connectivity index (χ3n) is 7.01. The lowest BCUT2D eigenvalue weighted by atomic mass is 10.2. The van der Waals surface area contributed by atoms with E-state index in [0.717, 1.165) is 9.13 Å². The normalized spacial score (nSPS) is 17.6. The fourth-order valence-electron chi connectivity index (χ4n) is 5.24. The summed E-state index contributed by atoms with van der Waals surface area (Å²) in [4.78, 5) is 11.2. The van der Waals surface area contributed by atoms with Crippen LogP contribution in [0.1, 0.15) is 11.6 Å². The Balaban J connectivity index is 1.16. The second-order valence-corrected chi connectivity index (χ2v) is 9.97. The predicted octanol–water partition coefficient (Wildman–Crippen LogP) is 3.46. The van der Waals surface area contributed by atoms with E-state index < -0.39 is 36.2 Å². The maximum Gasteiger partial charge on any atom is 0.449 e. The van der Waals surface area contributed by atoms with E-state index in [2.05, 4.69) is 9.97 Å². The van der Waals surface area contributed by atoms with Crippen LogP contribution in [0.4, 0.5) is 26.3 Å². The molecular formula is C26H28F6N6O2. The van der Waals surface area contributed by atoms with Gasteiger partial charge in [-0.25, -0.2) is 9.97 Å². The summed E-state index contributed by atoms with van der Waals surface area (Å²) in [6.07, 6.45) is -11.5. The third-order valence-corrected chi connectivity index (χ3v) is 7.01. The van der Waals surface area contributed by atoms with Gasteiger partial charge in [0, 0.05) is 39.3 Å². The zero-order chi connectivity index (χ0) is 28.7. The minimum atomic E-state index is -4.67. The van der Waals surface area contributed by atoms with Gasteiger partial charge in [-0.05, 0) is 24.3 Å². The molecule has 1 aliphatic rings. The first-order chi connectivity index (χ1) is 18.9. The van der Waals surface area contributed by atoms with E-state index in [9.17, 15) is 36.6 Å². The molecule has 2 aromatic carbocycles. The van der Waals surface area contributed by atoms with Gasteiger partial charge in [0.1, 0.15) is 0 Å². The van der Waals surface area contributed by atoms with Crippen molar-refractivity contribution >= 4 is 22.1 Å². The lowest BCUT2D eigenvalue weighted by molar-refractivity contribution is -0.148. The molecule has 1 aliphatic heterocycles. The molecule has 40 heavy (non-hydrogen) atoms. The standard InChI is InChI=1S/C26H28F6N6O2/c27-25(28,29)23-33-19-5-1-3-7-21(19)37(23)15-17(39)13-35-9-11-36(12-10-35)14-18(40)16-38-22-8-4-2-6-20(22)34-24(38)26(30,31)32/h1-8,17-18,39-40H,9-16H2/t17-,18-/m0/s1. The average Bonchev–Trinajstić information content (AvgIpc) is 3.44. The van der Waals surface area contributed by atoms with Gasteiger partial charge < -0.3 is 19.3 Å². The maximum absolute atomic E-state index is 13.6. The Morgan fingerprint density at radius 2 is 0.950 bits per heavy atom. The third kappa shape index (κ3) is 6.09. The summed E-state index contributed by atoms with van der Waals surface area (Å²) in [6.45, 7) is 1.60. The van der Waals surface area contributed by atoms with E-state index >= 15 is 0 Å². The van der Waals surface area contributed by atoms with Gasteiger partial charge in [0.05, 0.1) is 47.4 Å². The highest BCUT2D eigenvalue weighted by Gasteiger charge is 2.39. The maximum atomic E-state index is 13.6. The SMILES string of the molecule is O[C@@H](CN1CCN(C[C@H](O)Cn2c(C(F)(F)F)nc3ccccc32)CC1)Cn1c(C(F)(F)F)nc2ccccc21. The van der Waals surface area contributed by atoms with Crippen LogP contribution >= 0.6 is 0 Å². The first-order valence-electron chi connectivity index (χ1n) is 12.8. The summed E-state index contributed by atoms with van der Waals surface area (Å²) in [6, 6.07) is 12.4. The van der Waals surface area contributed by atoms with Gasteiger partial charge in [-0.3, -0.25) is 9.80 Å². The van der Waals surface area contributed by atoms with E-state index in [1.54, 1.807) is 24.3 Å². The first kappa shape index (κ1) is 28.3. The van der Waals surface area contributed by atoms with Gasteiger partial charge in [0.25, 0.3) is 0 Å². The molecule has 1 fully saturated rings. The van der Waals surface area contributed by atoms with E-state index in [1.165, 1.54) is 24.3 Å². The Hall–Kier alpha value is -3.20. The van der Waals surface area contributed by atoms with Crippen molar-refractivity contribution in [2.24, 2.45) is 0 Å². The van der Waals surface area contributed by atoms with E-state index in [0.29, 0.717) is 26.2 Å². The van der Waals surface area contributed by atoms with Crippen LogP contribution in [0.3, 0.4) is 0 Å². The number of aromatic nitrogens is 4. The van der Waals surface area contributed by atoms with Gasteiger partial charge in [-0.1, -0.05) is 24.3 Å². The number of halogens is 6. The van der Waals surface area contributed by atoms with Gasteiger partial charge in [-0.2, -0.15) is 26.3 Å². The molecule has 1 saturated heterocycles. The van der Waals surface area contributed by atoms with Crippen molar-refractivity contribution in [2.75, 3.05) is 39.3 Å². The van der Waals surface area contributed by atoms with Gasteiger partial charge in [-0.15, -0.1) is 0 Å². The van der Waals surface area contributed by atoms with Gasteiger partial charge in [0.15, 0.2) is 0 Å². The van der Waals surface area contributed by atoms with Gasteiger partial charge in [0.2, 0.25) is 11.6 Å². The molecule has 0 radical (unpaired) electrons. The van der Waals surface area contributed by atoms with Crippen LogP contribution in [-0.2, 0) is 25.4 Å². The van der Waals surface area contributed by atoms with Crippen LogP contribution in [0.2, 0.25) is 0 Å². The zero-order valence-corrected chi connectivity index (χ0v) is 21.3. The van der Waals surface area contributed by atoms with Crippen molar-refractivity contribution in [3.63, 3.8) is 0 Å². The van der Waals surface area contributed by atoms with Crippen molar-refractivity contribution in [3.05, 3.63) is 60.2 Å². The molecule has 216 valence electrons. The smallest absolute Gasteiger partial charge is 0.390 e. The molecule has 0 unspecified atom stereocenters. The highest BCUT2D eigenvalue weighted by Crippen LogP contribution is 2.33. The highest BCUT2D eigenvalue weighted by atomic mass is 19.4. The topological polar surface area (TPSA) is 82.6 Å². The number of alkyl halides is 6. The van der Waals surface area contributed by atoms with Crippen LogP contribution in [-0.4, -0.2) is 90.6 Å². The van der Waals surface area contributed by atoms with Crippen LogP contribution in [0.25, 0.3) is 22.1 Å². The molecule has 8 nitrogen and oxygen atoms in total. The number of benzene rings is 2. The highest BCUT2D eigenvalue weighted by molar-refractivity contribution is 5.76. The van der Waals surface area contributed by atoms with Crippen molar-refractivity contribution in [1.29, 1.82) is 0 Å². The molecule has 4 aromatic rings. The molecule has 0 saturated carbocycles. The summed E-state index contributed by atoms with van der Waals surface area (Å²) in [5.74, 6) is -2.13. The molecule has 2 aromatic heterocycles. The molecule has 14 heteroatoms. The molecular weight excluding hydrogens is 542 g/mol. The molecule has 2 atom stereocenters. The molecule has 5 rings (SSSR count). The second-order valence-electron chi connectivity index (χ2n) is 9.97. The second kappa shape index (κ2) is 11.0. The summed E-state index contributed by atoms with van der Waals surface area (Å²) in [7, 11) is 0. The number of nitrogens with zero attached hydrogens (tertiary/aromatic N) is 6. The summed E-state index contributed by atoms with van der Waals surface area (Å²) < 4.78 is 83.3. The van der Waals surface area contributed by atoms with Crippen LogP contribution in [0, 0.1) is 0 Å². The van der Waals surface area contributed by atoms with E-state index in [-0.39, 0.29) is 48.2 Å². The van der Waals surface area contributed by atoms with E-state index in [1.807, 2.05) is 9.80 Å². The minimum Gasteiger partial charge on any atom is -0.390 e. The lowest BCUT2D eigenvalue weighted by Gasteiger charge is -2.36. The molecule has 3 heterocycles. The number of hydrogen-bond donors (Lipinski definition) is 2. The monoisotopic (exact) mass is 570 g/mol. The molecule has 0 spiro atoms. The molecule has 2 N–H and O–H groups in total. The average molecular weight is 571 g/mol. The van der Waals surface area contributed by atoms with Crippen molar-refractivity contribution in [3.8, 4) is 0 Å². The lowest BCUT2D eigenvalue weighted by Crippen LogP contribution is -2.51. The molecule has 0 amide bonds. The van der Waals surface area contributed by atoms with Crippen molar-refractivity contribution < 1.29 is 36.6 Å². The Morgan fingerprint density at radius 1 is 0.600 bits per heavy atom. The number of para-hydroxylation sites is 4. The van der Waals surface area contributed by atoms with E-state index in [4.69, 9.17) is 0 Å². The number of fused-ring (bicyclic) bond motifs is 2. The minimum absolute atomic E-state index is 0.135. The molecule has 0 bridgehead atoms. The summed E-state index contributed by atoms with van der Waals surface area (Å²) in [5, 5.41) is 21.3. The van der Waals surface area contributed by atoms with Crippen LogP contribution in [0.15, 0.2) is 48.5 Å².